The molecule has 1 saturated carbocycles. The third-order valence-electron chi connectivity index (χ3n) is 5.06. The van der Waals surface area contributed by atoms with Gasteiger partial charge in [0.25, 0.3) is 5.91 Å². The topological polar surface area (TPSA) is 64.0 Å². The molecule has 0 aromatic heterocycles. The maximum absolute atomic E-state index is 12.6. The quantitative estimate of drug-likeness (QED) is 0.891. The standard InChI is InChI=1S/C18H26N2O3/c21-16-6-4-5-15(13-16)14-19-9-11-20(12-10-19)17(22)18(23)7-2-1-3-8-18/h4-6,13,21,23H,1-3,7-12,14H2. The van der Waals surface area contributed by atoms with Crippen molar-refractivity contribution in [1.82, 2.24) is 9.80 Å². The molecule has 1 aromatic carbocycles. The van der Waals surface area contributed by atoms with E-state index < -0.39 is 5.60 Å². The van der Waals surface area contributed by atoms with E-state index in [0.717, 1.165) is 44.5 Å². The van der Waals surface area contributed by atoms with Gasteiger partial charge < -0.3 is 15.1 Å². The third kappa shape index (κ3) is 3.85. The first-order valence-electron chi connectivity index (χ1n) is 8.59. The van der Waals surface area contributed by atoms with E-state index in [9.17, 15) is 15.0 Å². The van der Waals surface area contributed by atoms with E-state index in [-0.39, 0.29) is 11.7 Å². The molecule has 2 fully saturated rings. The highest BCUT2D eigenvalue weighted by Gasteiger charge is 2.40. The Morgan fingerprint density at radius 1 is 1.09 bits per heavy atom. The fraction of sp³-hybridized carbons (Fsp3) is 0.611. The van der Waals surface area contributed by atoms with E-state index in [1.807, 2.05) is 17.0 Å². The first kappa shape index (κ1) is 16.3. The molecule has 1 aliphatic carbocycles. The van der Waals surface area contributed by atoms with Gasteiger partial charge in [0.15, 0.2) is 0 Å². The molecule has 2 aliphatic rings. The molecule has 126 valence electrons. The SMILES string of the molecule is O=C(N1CCN(Cc2cccc(O)c2)CC1)C1(O)CCCCC1. The van der Waals surface area contributed by atoms with Crippen LogP contribution in [-0.2, 0) is 11.3 Å². The summed E-state index contributed by atoms with van der Waals surface area (Å²) < 4.78 is 0. The zero-order chi connectivity index (χ0) is 16.3. The molecule has 1 aliphatic heterocycles. The highest BCUT2D eigenvalue weighted by atomic mass is 16.3. The van der Waals surface area contributed by atoms with Crippen LogP contribution in [0.15, 0.2) is 24.3 Å². The molecule has 23 heavy (non-hydrogen) atoms. The Balaban J connectivity index is 1.53. The van der Waals surface area contributed by atoms with Gasteiger partial charge in [-0.25, -0.2) is 0 Å². The smallest absolute Gasteiger partial charge is 0.254 e. The average molecular weight is 318 g/mol. The molecule has 1 saturated heterocycles. The van der Waals surface area contributed by atoms with Gasteiger partial charge in [0.1, 0.15) is 11.4 Å². The number of piperazine rings is 1. The zero-order valence-corrected chi connectivity index (χ0v) is 13.6. The van der Waals surface area contributed by atoms with Gasteiger partial charge in [0.2, 0.25) is 0 Å². The maximum atomic E-state index is 12.6. The van der Waals surface area contributed by atoms with Gasteiger partial charge in [-0.2, -0.15) is 0 Å². The zero-order valence-electron chi connectivity index (χ0n) is 13.6. The molecule has 3 rings (SSSR count). The van der Waals surface area contributed by atoms with Crippen molar-refractivity contribution >= 4 is 5.91 Å². The Morgan fingerprint density at radius 3 is 2.43 bits per heavy atom. The second kappa shape index (κ2) is 6.89. The van der Waals surface area contributed by atoms with Crippen molar-refractivity contribution in [3.63, 3.8) is 0 Å². The van der Waals surface area contributed by atoms with Crippen LogP contribution >= 0.6 is 0 Å². The molecule has 1 aromatic rings. The lowest BCUT2D eigenvalue weighted by Crippen LogP contribution is -2.56. The molecule has 0 spiro atoms. The second-order valence-electron chi connectivity index (χ2n) is 6.83. The van der Waals surface area contributed by atoms with Crippen LogP contribution in [0.25, 0.3) is 0 Å². The van der Waals surface area contributed by atoms with Gasteiger partial charge in [-0.3, -0.25) is 9.69 Å². The van der Waals surface area contributed by atoms with Gasteiger partial charge in [-0.05, 0) is 30.5 Å². The average Bonchev–Trinajstić information content (AvgIpc) is 2.56. The number of benzene rings is 1. The summed E-state index contributed by atoms with van der Waals surface area (Å²) in [6.45, 7) is 3.72. The first-order valence-corrected chi connectivity index (χ1v) is 8.59. The maximum Gasteiger partial charge on any atom is 0.254 e. The van der Waals surface area contributed by atoms with Crippen LogP contribution in [0.5, 0.6) is 5.75 Å². The van der Waals surface area contributed by atoms with Crippen LogP contribution in [0.2, 0.25) is 0 Å². The molecule has 2 N–H and O–H groups in total. The van der Waals surface area contributed by atoms with Gasteiger partial charge in [-0.15, -0.1) is 0 Å². The molecule has 5 nitrogen and oxygen atoms in total. The minimum absolute atomic E-state index is 0.0748. The summed E-state index contributed by atoms with van der Waals surface area (Å²) in [7, 11) is 0. The molecule has 0 bridgehead atoms. The van der Waals surface area contributed by atoms with Crippen LogP contribution in [0.4, 0.5) is 0 Å². The number of phenols is 1. The molecule has 1 amide bonds. The number of rotatable bonds is 3. The largest absolute Gasteiger partial charge is 0.508 e. The number of aromatic hydroxyl groups is 1. The van der Waals surface area contributed by atoms with Crippen molar-refractivity contribution in [2.45, 2.75) is 44.2 Å². The molecule has 0 atom stereocenters. The normalized spacial score (nSPS) is 22.0. The van der Waals surface area contributed by atoms with Crippen LogP contribution in [0.1, 0.15) is 37.7 Å². The van der Waals surface area contributed by atoms with E-state index in [2.05, 4.69) is 4.90 Å². The Morgan fingerprint density at radius 2 is 1.78 bits per heavy atom. The van der Waals surface area contributed by atoms with Crippen LogP contribution in [0.3, 0.4) is 0 Å². The van der Waals surface area contributed by atoms with Crippen LogP contribution in [0, 0.1) is 0 Å². The lowest BCUT2D eigenvalue weighted by atomic mass is 9.83. The van der Waals surface area contributed by atoms with Crippen molar-refractivity contribution in [2.24, 2.45) is 0 Å². The van der Waals surface area contributed by atoms with Gasteiger partial charge >= 0.3 is 0 Å². The van der Waals surface area contributed by atoms with Crippen molar-refractivity contribution in [1.29, 1.82) is 0 Å². The molecule has 0 unspecified atom stereocenters. The molecule has 1 heterocycles. The summed E-state index contributed by atoms with van der Waals surface area (Å²) in [4.78, 5) is 16.7. The van der Waals surface area contributed by atoms with Crippen molar-refractivity contribution in [2.75, 3.05) is 26.2 Å². The van der Waals surface area contributed by atoms with Gasteiger partial charge in [0, 0.05) is 32.7 Å². The fourth-order valence-electron chi connectivity index (χ4n) is 3.67. The summed E-state index contributed by atoms with van der Waals surface area (Å²) in [5.74, 6) is 0.213. The predicted octanol–water partition coefficient (Wildman–Crippen LogP) is 1.73. The Bertz CT molecular complexity index is 547. The Hall–Kier alpha value is -1.59. The molecule has 0 radical (unpaired) electrons. The highest BCUT2D eigenvalue weighted by Crippen LogP contribution is 2.30. The molecular weight excluding hydrogens is 292 g/mol. The number of hydrogen-bond donors (Lipinski definition) is 2. The van der Waals surface area contributed by atoms with Crippen molar-refractivity contribution < 1.29 is 15.0 Å². The number of phenolic OH excluding ortho intramolecular Hbond substituents is 1. The third-order valence-corrected chi connectivity index (χ3v) is 5.06. The van der Waals surface area contributed by atoms with Crippen LogP contribution < -0.4 is 0 Å². The van der Waals surface area contributed by atoms with E-state index >= 15 is 0 Å². The number of amides is 1. The fourth-order valence-corrected chi connectivity index (χ4v) is 3.67. The summed E-state index contributed by atoms with van der Waals surface area (Å²) >= 11 is 0. The number of carbonyl (C=O) groups excluding carboxylic acids is 1. The van der Waals surface area contributed by atoms with Crippen molar-refractivity contribution in [3.8, 4) is 5.75 Å². The van der Waals surface area contributed by atoms with E-state index in [1.54, 1.807) is 12.1 Å². The highest BCUT2D eigenvalue weighted by molar-refractivity contribution is 5.85. The molecule has 5 heteroatoms. The second-order valence-corrected chi connectivity index (χ2v) is 6.83. The van der Waals surface area contributed by atoms with E-state index in [4.69, 9.17) is 0 Å². The van der Waals surface area contributed by atoms with Gasteiger partial charge in [0.05, 0.1) is 0 Å². The summed E-state index contributed by atoms with van der Waals surface area (Å²) in [6.07, 6.45) is 4.22. The predicted molar refractivity (Wildman–Crippen MR) is 88.0 cm³/mol. The minimum atomic E-state index is -1.12. The first-order chi connectivity index (χ1) is 11.1. The lowest BCUT2D eigenvalue weighted by molar-refractivity contribution is -0.156. The summed E-state index contributed by atoms with van der Waals surface area (Å²) in [6, 6.07) is 7.30. The van der Waals surface area contributed by atoms with Crippen LogP contribution in [-0.4, -0.2) is 57.7 Å². The van der Waals surface area contributed by atoms with E-state index in [0.29, 0.717) is 25.9 Å². The Kier molecular flexibility index (Phi) is 4.87. The van der Waals surface area contributed by atoms with E-state index in [1.165, 1.54) is 0 Å². The lowest BCUT2D eigenvalue weighted by Gasteiger charge is -2.40. The number of hydrogen-bond acceptors (Lipinski definition) is 4. The van der Waals surface area contributed by atoms with Gasteiger partial charge in [-0.1, -0.05) is 31.4 Å². The number of aliphatic hydroxyl groups is 1. The monoisotopic (exact) mass is 318 g/mol. The van der Waals surface area contributed by atoms with Crippen molar-refractivity contribution in [3.05, 3.63) is 29.8 Å². The molecular formula is C18H26N2O3. The minimum Gasteiger partial charge on any atom is -0.508 e. The Labute approximate surface area is 137 Å². The summed E-state index contributed by atoms with van der Waals surface area (Å²) in [5, 5.41) is 20.1. The number of nitrogens with zero attached hydrogens (tertiary/aromatic N) is 2. The number of carbonyl (C=O) groups is 1. The summed E-state index contributed by atoms with van der Waals surface area (Å²) in [5.41, 5.74) is -0.0401.